The zero-order valence-corrected chi connectivity index (χ0v) is 15.7. The smallest absolute Gasteiger partial charge is 0.321 e. The molecule has 0 radical (unpaired) electrons. The summed E-state index contributed by atoms with van der Waals surface area (Å²) in [5, 5.41) is 0. The SMILES string of the molecule is CCCn1c(=O)c2c(ncn2C2C3CC4CC(C3)C2C4)n(CCC)c1=O. The van der Waals surface area contributed by atoms with Gasteiger partial charge in [0.15, 0.2) is 11.2 Å². The molecule has 2 aromatic rings. The third-order valence-corrected chi connectivity index (χ3v) is 7.17. The molecule has 4 fully saturated rings. The highest BCUT2D eigenvalue weighted by atomic mass is 16.2. The number of fused-ring (bicyclic) bond motifs is 1. The zero-order valence-electron chi connectivity index (χ0n) is 15.7. The van der Waals surface area contributed by atoms with E-state index in [1.165, 1.54) is 30.3 Å². The van der Waals surface area contributed by atoms with E-state index in [0.717, 1.165) is 24.7 Å². The standard InChI is InChI=1S/C20H28N4O2/c1-3-5-22-18-17(19(25)23(6-4-2)20(22)26)24(11-21-18)16-14-8-12-7-13(10-14)15(16)9-12/h11-16H,3-10H2,1-2H3. The fraction of sp³-hybridized carbons (Fsp3) is 0.750. The van der Waals surface area contributed by atoms with Crippen LogP contribution in [0.4, 0.5) is 0 Å². The van der Waals surface area contributed by atoms with Gasteiger partial charge in [-0.2, -0.15) is 0 Å². The molecule has 0 aliphatic heterocycles. The summed E-state index contributed by atoms with van der Waals surface area (Å²) in [5.41, 5.74) is 0.901. The topological polar surface area (TPSA) is 61.8 Å². The van der Waals surface area contributed by atoms with Crippen LogP contribution in [0.3, 0.4) is 0 Å². The Labute approximate surface area is 152 Å². The molecule has 4 saturated carbocycles. The van der Waals surface area contributed by atoms with Crippen LogP contribution >= 0.6 is 0 Å². The number of aromatic nitrogens is 4. The van der Waals surface area contributed by atoms with E-state index >= 15 is 0 Å². The Balaban J connectivity index is 1.73. The lowest BCUT2D eigenvalue weighted by Crippen LogP contribution is -2.41. The summed E-state index contributed by atoms with van der Waals surface area (Å²) < 4.78 is 5.32. The lowest BCUT2D eigenvalue weighted by molar-refractivity contribution is 0.203. The monoisotopic (exact) mass is 356 g/mol. The summed E-state index contributed by atoms with van der Waals surface area (Å²) in [6.45, 7) is 5.15. The van der Waals surface area contributed by atoms with Gasteiger partial charge in [-0.25, -0.2) is 9.78 Å². The van der Waals surface area contributed by atoms with Crippen molar-refractivity contribution >= 4 is 11.2 Å². The van der Waals surface area contributed by atoms with Crippen molar-refractivity contribution in [3.8, 4) is 0 Å². The second kappa shape index (κ2) is 5.83. The van der Waals surface area contributed by atoms with Crippen LogP contribution in [-0.2, 0) is 13.1 Å². The first-order chi connectivity index (χ1) is 12.6. The Morgan fingerprint density at radius 3 is 2.46 bits per heavy atom. The van der Waals surface area contributed by atoms with Crippen molar-refractivity contribution in [2.24, 2.45) is 23.7 Å². The van der Waals surface area contributed by atoms with Crippen molar-refractivity contribution in [1.82, 2.24) is 18.7 Å². The van der Waals surface area contributed by atoms with E-state index in [4.69, 9.17) is 0 Å². The summed E-state index contributed by atoms with van der Waals surface area (Å²) in [7, 11) is 0. The second-order valence-corrected chi connectivity index (χ2v) is 8.70. The average Bonchev–Trinajstić information content (AvgIpc) is 3.24. The second-order valence-electron chi connectivity index (χ2n) is 8.70. The van der Waals surface area contributed by atoms with Crippen molar-refractivity contribution in [3.05, 3.63) is 27.2 Å². The molecule has 6 nitrogen and oxygen atoms in total. The summed E-state index contributed by atoms with van der Waals surface area (Å²) >= 11 is 0. The minimum absolute atomic E-state index is 0.144. The highest BCUT2D eigenvalue weighted by Crippen LogP contribution is 2.62. The first kappa shape index (κ1) is 16.3. The molecule has 140 valence electrons. The molecule has 0 aromatic carbocycles. The maximum atomic E-state index is 13.2. The van der Waals surface area contributed by atoms with Crippen molar-refractivity contribution in [3.63, 3.8) is 0 Å². The third kappa shape index (κ3) is 2.07. The van der Waals surface area contributed by atoms with Crippen LogP contribution in [0.25, 0.3) is 11.2 Å². The molecular formula is C20H28N4O2. The molecule has 5 atom stereocenters. The quantitative estimate of drug-likeness (QED) is 0.828. The molecule has 2 heterocycles. The molecule has 6 heteroatoms. The minimum atomic E-state index is -0.203. The number of rotatable bonds is 5. The first-order valence-corrected chi connectivity index (χ1v) is 10.3. The summed E-state index contributed by atoms with van der Waals surface area (Å²) in [6, 6.07) is 0.402. The van der Waals surface area contributed by atoms with Gasteiger partial charge in [0, 0.05) is 19.1 Å². The van der Waals surface area contributed by atoms with Gasteiger partial charge in [0.05, 0.1) is 6.33 Å². The van der Waals surface area contributed by atoms with Crippen LogP contribution in [0.1, 0.15) is 58.4 Å². The Morgan fingerprint density at radius 1 is 1.00 bits per heavy atom. The van der Waals surface area contributed by atoms with Gasteiger partial charge in [-0.15, -0.1) is 0 Å². The Kier molecular flexibility index (Phi) is 3.66. The van der Waals surface area contributed by atoms with Crippen LogP contribution in [0.15, 0.2) is 15.9 Å². The van der Waals surface area contributed by atoms with Crippen molar-refractivity contribution in [2.75, 3.05) is 0 Å². The summed E-state index contributed by atoms with van der Waals surface area (Å²) in [5.74, 6) is 3.12. The van der Waals surface area contributed by atoms with Gasteiger partial charge >= 0.3 is 5.69 Å². The number of imidazole rings is 1. The van der Waals surface area contributed by atoms with Gasteiger partial charge in [0.1, 0.15) is 0 Å². The van der Waals surface area contributed by atoms with E-state index in [2.05, 4.69) is 16.5 Å². The maximum Gasteiger partial charge on any atom is 0.332 e. The molecule has 6 rings (SSSR count). The van der Waals surface area contributed by atoms with Crippen LogP contribution in [0, 0.1) is 23.7 Å². The number of aryl methyl sites for hydroxylation is 1. The molecule has 4 aliphatic carbocycles. The zero-order chi connectivity index (χ0) is 18.0. The van der Waals surface area contributed by atoms with Gasteiger partial charge in [0.2, 0.25) is 0 Å². The molecule has 0 saturated heterocycles. The molecule has 5 unspecified atom stereocenters. The minimum Gasteiger partial charge on any atom is -0.321 e. The highest BCUT2D eigenvalue weighted by molar-refractivity contribution is 5.70. The predicted molar refractivity (Wildman–Crippen MR) is 100 cm³/mol. The summed E-state index contributed by atoms with van der Waals surface area (Å²) in [6.07, 6.45) is 8.78. The average molecular weight is 356 g/mol. The fourth-order valence-corrected chi connectivity index (χ4v) is 6.41. The van der Waals surface area contributed by atoms with E-state index in [1.807, 2.05) is 13.3 Å². The molecule has 26 heavy (non-hydrogen) atoms. The predicted octanol–water partition coefficient (Wildman–Crippen LogP) is 2.79. The Bertz CT molecular complexity index is 965. The number of hydrogen-bond donors (Lipinski definition) is 0. The van der Waals surface area contributed by atoms with Crippen LogP contribution < -0.4 is 11.2 Å². The third-order valence-electron chi connectivity index (χ3n) is 7.17. The molecular weight excluding hydrogens is 328 g/mol. The molecule has 2 aromatic heterocycles. The van der Waals surface area contributed by atoms with Crippen molar-refractivity contribution in [2.45, 2.75) is 71.5 Å². The lowest BCUT2D eigenvalue weighted by atomic mass is 9.79. The molecule has 0 spiro atoms. The van der Waals surface area contributed by atoms with Gasteiger partial charge in [-0.1, -0.05) is 13.8 Å². The van der Waals surface area contributed by atoms with E-state index < -0.39 is 0 Å². The van der Waals surface area contributed by atoms with E-state index in [1.54, 1.807) is 4.57 Å². The van der Waals surface area contributed by atoms with Gasteiger partial charge < -0.3 is 4.57 Å². The summed E-state index contributed by atoms with van der Waals surface area (Å²) in [4.78, 5) is 30.7. The van der Waals surface area contributed by atoms with Crippen LogP contribution in [0.2, 0.25) is 0 Å². The molecule has 4 aliphatic rings. The number of hydrogen-bond acceptors (Lipinski definition) is 3. The van der Waals surface area contributed by atoms with Crippen LogP contribution in [-0.4, -0.2) is 18.7 Å². The van der Waals surface area contributed by atoms with Gasteiger partial charge in [-0.05, 0) is 62.2 Å². The Morgan fingerprint density at radius 2 is 1.73 bits per heavy atom. The normalized spacial score (nSPS) is 32.2. The van der Waals surface area contributed by atoms with E-state index in [9.17, 15) is 9.59 Å². The molecule has 0 N–H and O–H groups in total. The highest BCUT2D eigenvalue weighted by Gasteiger charge is 2.54. The van der Waals surface area contributed by atoms with Crippen molar-refractivity contribution < 1.29 is 0 Å². The van der Waals surface area contributed by atoms with Crippen LogP contribution in [0.5, 0.6) is 0 Å². The van der Waals surface area contributed by atoms with Gasteiger partial charge in [0.25, 0.3) is 5.56 Å². The number of nitrogens with zero attached hydrogens (tertiary/aromatic N) is 4. The largest absolute Gasteiger partial charge is 0.332 e. The lowest BCUT2D eigenvalue weighted by Gasteiger charge is -2.33. The molecule has 4 bridgehead atoms. The Hall–Kier alpha value is -1.85. The molecule has 0 amide bonds. The van der Waals surface area contributed by atoms with Crippen molar-refractivity contribution in [1.29, 1.82) is 0 Å². The van der Waals surface area contributed by atoms with Gasteiger partial charge in [-0.3, -0.25) is 13.9 Å². The maximum absolute atomic E-state index is 13.2. The van der Waals surface area contributed by atoms with E-state index in [0.29, 0.717) is 42.1 Å². The van der Waals surface area contributed by atoms with E-state index in [-0.39, 0.29) is 11.2 Å². The first-order valence-electron chi connectivity index (χ1n) is 10.3. The fourth-order valence-electron chi connectivity index (χ4n) is 6.41.